The normalized spacial score (nSPS) is 15.7. The Morgan fingerprint density at radius 2 is 1.75 bits per heavy atom. The van der Waals surface area contributed by atoms with Crippen LogP contribution >= 0.6 is 12.4 Å². The number of halogens is 1. The maximum atomic E-state index is 4.64. The molecule has 1 N–H and O–H groups in total. The molecule has 2 aromatic rings. The number of hydrogen-bond acceptors (Lipinski definition) is 3. The summed E-state index contributed by atoms with van der Waals surface area (Å²) in [6.07, 6.45) is 2.34. The molecule has 0 radical (unpaired) electrons. The summed E-state index contributed by atoms with van der Waals surface area (Å²) in [7, 11) is 0. The summed E-state index contributed by atoms with van der Waals surface area (Å²) in [5.74, 6) is 1.44. The van der Waals surface area contributed by atoms with Gasteiger partial charge in [-0.3, -0.25) is 0 Å². The fourth-order valence-corrected chi connectivity index (χ4v) is 2.67. The maximum Gasteiger partial charge on any atom is 0.126 e. The van der Waals surface area contributed by atoms with Gasteiger partial charge < -0.3 is 5.32 Å². The molecule has 2 heterocycles. The molecular weight excluding hydrogens is 270 g/mol. The first-order chi connectivity index (χ1) is 9.33. The van der Waals surface area contributed by atoms with E-state index >= 15 is 0 Å². The van der Waals surface area contributed by atoms with Crippen LogP contribution in [0, 0.1) is 6.92 Å². The smallest absolute Gasteiger partial charge is 0.126 e. The van der Waals surface area contributed by atoms with E-state index in [1.807, 2.05) is 13.0 Å². The van der Waals surface area contributed by atoms with E-state index in [1.165, 1.54) is 24.1 Å². The number of aromatic nitrogens is 2. The lowest BCUT2D eigenvalue weighted by Crippen LogP contribution is -2.27. The Balaban J connectivity index is 0.00000147. The predicted octanol–water partition coefficient (Wildman–Crippen LogP) is 3.34. The highest BCUT2D eigenvalue weighted by Gasteiger charge is 2.17. The van der Waals surface area contributed by atoms with Gasteiger partial charge in [0, 0.05) is 17.2 Å². The molecule has 1 fully saturated rings. The van der Waals surface area contributed by atoms with Crippen molar-refractivity contribution in [1.82, 2.24) is 15.3 Å². The Hall–Kier alpha value is -1.45. The van der Waals surface area contributed by atoms with Crippen molar-refractivity contribution in [3.63, 3.8) is 0 Å². The van der Waals surface area contributed by atoms with Gasteiger partial charge in [-0.05, 0) is 38.9 Å². The highest BCUT2D eigenvalue weighted by atomic mass is 35.5. The van der Waals surface area contributed by atoms with Crippen LogP contribution in [0.15, 0.2) is 36.4 Å². The molecule has 3 rings (SSSR count). The Kier molecular flexibility index (Phi) is 5.10. The van der Waals surface area contributed by atoms with Gasteiger partial charge in [0.2, 0.25) is 0 Å². The summed E-state index contributed by atoms with van der Waals surface area (Å²) in [5.41, 5.74) is 3.41. The first kappa shape index (κ1) is 14.9. The van der Waals surface area contributed by atoms with Gasteiger partial charge in [0.25, 0.3) is 0 Å². The minimum Gasteiger partial charge on any atom is -0.317 e. The van der Waals surface area contributed by atoms with Crippen molar-refractivity contribution < 1.29 is 0 Å². The summed E-state index contributed by atoms with van der Waals surface area (Å²) in [6.45, 7) is 4.17. The zero-order valence-electron chi connectivity index (χ0n) is 11.7. The van der Waals surface area contributed by atoms with E-state index in [9.17, 15) is 0 Å². The Labute approximate surface area is 126 Å². The van der Waals surface area contributed by atoms with Crippen molar-refractivity contribution >= 4 is 12.4 Å². The third kappa shape index (κ3) is 3.35. The second kappa shape index (κ2) is 6.82. The first-order valence-electron chi connectivity index (χ1n) is 6.94. The zero-order valence-corrected chi connectivity index (χ0v) is 12.5. The van der Waals surface area contributed by atoms with Gasteiger partial charge in [-0.15, -0.1) is 12.4 Å². The van der Waals surface area contributed by atoms with E-state index in [4.69, 9.17) is 0 Å². The van der Waals surface area contributed by atoms with Crippen LogP contribution in [0.5, 0.6) is 0 Å². The van der Waals surface area contributed by atoms with E-state index in [-0.39, 0.29) is 12.4 Å². The highest BCUT2D eigenvalue weighted by Crippen LogP contribution is 2.26. The molecule has 1 aromatic heterocycles. The molecule has 106 valence electrons. The van der Waals surface area contributed by atoms with E-state index in [0.29, 0.717) is 5.92 Å². The standard InChI is InChI=1S/C16H19N3.ClH/c1-12-18-15(13-5-3-2-4-6-13)11-16(19-12)14-7-9-17-10-8-14;/h2-6,11,14,17H,7-10H2,1H3;1H. The van der Waals surface area contributed by atoms with E-state index in [2.05, 4.69) is 45.6 Å². The monoisotopic (exact) mass is 289 g/mol. The number of piperidine rings is 1. The van der Waals surface area contributed by atoms with E-state index in [1.54, 1.807) is 0 Å². The average molecular weight is 290 g/mol. The number of nitrogens with one attached hydrogen (secondary N) is 1. The van der Waals surface area contributed by atoms with Gasteiger partial charge in [-0.25, -0.2) is 9.97 Å². The summed E-state index contributed by atoms with van der Waals surface area (Å²) >= 11 is 0. The lowest BCUT2D eigenvalue weighted by Gasteiger charge is -2.22. The molecule has 0 unspecified atom stereocenters. The van der Waals surface area contributed by atoms with Crippen molar-refractivity contribution in [3.8, 4) is 11.3 Å². The van der Waals surface area contributed by atoms with Crippen molar-refractivity contribution in [1.29, 1.82) is 0 Å². The molecule has 0 amide bonds. The summed E-state index contributed by atoms with van der Waals surface area (Å²) in [6, 6.07) is 12.5. The molecule has 4 heteroatoms. The molecule has 20 heavy (non-hydrogen) atoms. The molecule has 1 saturated heterocycles. The van der Waals surface area contributed by atoms with Crippen LogP contribution < -0.4 is 5.32 Å². The van der Waals surface area contributed by atoms with Gasteiger partial charge in [0.05, 0.1) is 5.69 Å². The van der Waals surface area contributed by atoms with Crippen molar-refractivity contribution in [2.75, 3.05) is 13.1 Å². The van der Waals surface area contributed by atoms with Gasteiger partial charge in [0.15, 0.2) is 0 Å². The third-order valence-corrected chi connectivity index (χ3v) is 3.68. The van der Waals surface area contributed by atoms with E-state index in [0.717, 1.165) is 24.6 Å². The second-order valence-electron chi connectivity index (χ2n) is 5.12. The van der Waals surface area contributed by atoms with Crippen LogP contribution in [-0.2, 0) is 0 Å². The third-order valence-electron chi connectivity index (χ3n) is 3.68. The molecule has 0 bridgehead atoms. The van der Waals surface area contributed by atoms with Crippen LogP contribution in [0.2, 0.25) is 0 Å². The van der Waals surface area contributed by atoms with Gasteiger partial charge in [-0.1, -0.05) is 30.3 Å². The molecule has 3 nitrogen and oxygen atoms in total. The summed E-state index contributed by atoms with van der Waals surface area (Å²) in [5, 5.41) is 3.40. The van der Waals surface area contributed by atoms with Crippen LogP contribution in [0.3, 0.4) is 0 Å². The quantitative estimate of drug-likeness (QED) is 0.921. The van der Waals surface area contributed by atoms with Crippen molar-refractivity contribution in [2.45, 2.75) is 25.7 Å². The minimum atomic E-state index is 0. The van der Waals surface area contributed by atoms with Crippen LogP contribution in [-0.4, -0.2) is 23.1 Å². The average Bonchev–Trinajstić information content (AvgIpc) is 2.48. The van der Waals surface area contributed by atoms with E-state index < -0.39 is 0 Å². The van der Waals surface area contributed by atoms with Crippen LogP contribution in [0.4, 0.5) is 0 Å². The molecule has 1 aromatic carbocycles. The topological polar surface area (TPSA) is 37.8 Å². The molecule has 1 aliphatic rings. The Morgan fingerprint density at radius 3 is 2.45 bits per heavy atom. The van der Waals surface area contributed by atoms with Crippen LogP contribution in [0.25, 0.3) is 11.3 Å². The molecule has 0 saturated carbocycles. The first-order valence-corrected chi connectivity index (χ1v) is 6.94. The molecule has 0 atom stereocenters. The molecule has 0 aliphatic carbocycles. The van der Waals surface area contributed by atoms with Gasteiger partial charge in [0.1, 0.15) is 5.82 Å². The van der Waals surface area contributed by atoms with Crippen LogP contribution in [0.1, 0.15) is 30.3 Å². The number of benzene rings is 1. The van der Waals surface area contributed by atoms with Gasteiger partial charge >= 0.3 is 0 Å². The minimum absolute atomic E-state index is 0. The zero-order chi connectivity index (χ0) is 13.1. The highest BCUT2D eigenvalue weighted by molar-refractivity contribution is 5.85. The Bertz CT molecular complexity index is 551. The summed E-state index contributed by atoms with van der Waals surface area (Å²) in [4.78, 5) is 9.22. The number of nitrogens with zero attached hydrogens (tertiary/aromatic N) is 2. The summed E-state index contributed by atoms with van der Waals surface area (Å²) < 4.78 is 0. The SMILES string of the molecule is Cc1nc(-c2ccccc2)cc(C2CCNCC2)n1.Cl. The Morgan fingerprint density at radius 1 is 1.05 bits per heavy atom. The molecule has 1 aliphatic heterocycles. The fourth-order valence-electron chi connectivity index (χ4n) is 2.67. The molecule has 0 spiro atoms. The number of rotatable bonds is 2. The second-order valence-corrected chi connectivity index (χ2v) is 5.12. The predicted molar refractivity (Wildman–Crippen MR) is 84.3 cm³/mol. The van der Waals surface area contributed by atoms with Gasteiger partial charge in [-0.2, -0.15) is 0 Å². The lowest BCUT2D eigenvalue weighted by molar-refractivity contribution is 0.452. The number of hydrogen-bond donors (Lipinski definition) is 1. The lowest BCUT2D eigenvalue weighted by atomic mass is 9.93. The van der Waals surface area contributed by atoms with Crippen molar-refractivity contribution in [2.24, 2.45) is 0 Å². The number of aryl methyl sites for hydroxylation is 1. The maximum absolute atomic E-state index is 4.64. The fraction of sp³-hybridized carbons (Fsp3) is 0.375. The molecular formula is C16H20ClN3. The van der Waals surface area contributed by atoms with Crippen molar-refractivity contribution in [3.05, 3.63) is 47.9 Å². The largest absolute Gasteiger partial charge is 0.317 e.